The second kappa shape index (κ2) is 7.72. The molecule has 0 bridgehead atoms. The van der Waals surface area contributed by atoms with Gasteiger partial charge in [-0.05, 0) is 44.0 Å². The van der Waals surface area contributed by atoms with Crippen molar-refractivity contribution in [3.05, 3.63) is 39.9 Å². The summed E-state index contributed by atoms with van der Waals surface area (Å²) in [6, 6.07) is 5.86. The lowest BCUT2D eigenvalue weighted by atomic mass is 9.99. The Hall–Kier alpha value is -1.99. The van der Waals surface area contributed by atoms with Crippen LogP contribution >= 0.6 is 0 Å². The molecule has 1 unspecified atom stereocenters. The van der Waals surface area contributed by atoms with Crippen LogP contribution in [0.3, 0.4) is 0 Å². The van der Waals surface area contributed by atoms with E-state index in [0.717, 1.165) is 51.7 Å². The Labute approximate surface area is 141 Å². The molecule has 2 heterocycles. The number of piperazine rings is 1. The number of nitro groups is 1. The van der Waals surface area contributed by atoms with Gasteiger partial charge >= 0.3 is 0 Å². The third-order valence-corrected chi connectivity index (χ3v) is 4.90. The number of piperidine rings is 1. The standard InChI is InChI=1S/C17H24N4O3/c22-17(15-3-5-16(6-4-15)21(23)24)20-10-8-19(9-11-20)13-14-2-1-7-18-12-14/h3-6,14,18H,1-2,7-13H2. The van der Waals surface area contributed by atoms with Gasteiger partial charge in [-0.2, -0.15) is 0 Å². The number of rotatable bonds is 4. The van der Waals surface area contributed by atoms with E-state index in [1.807, 2.05) is 4.90 Å². The average molecular weight is 332 g/mol. The van der Waals surface area contributed by atoms with E-state index in [1.165, 1.54) is 25.0 Å². The Balaban J connectivity index is 1.50. The molecule has 130 valence electrons. The summed E-state index contributed by atoms with van der Waals surface area (Å²) in [4.78, 5) is 27.0. The quantitative estimate of drug-likeness (QED) is 0.665. The molecule has 2 aliphatic heterocycles. The molecular formula is C17H24N4O3. The number of hydrogen-bond donors (Lipinski definition) is 1. The first-order chi connectivity index (χ1) is 11.6. The number of nitrogens with one attached hydrogen (secondary N) is 1. The van der Waals surface area contributed by atoms with Gasteiger partial charge in [-0.1, -0.05) is 0 Å². The monoisotopic (exact) mass is 332 g/mol. The first-order valence-corrected chi connectivity index (χ1v) is 8.60. The van der Waals surface area contributed by atoms with Crippen LogP contribution in [-0.4, -0.2) is 66.4 Å². The summed E-state index contributed by atoms with van der Waals surface area (Å²) in [5.41, 5.74) is 0.531. The Morgan fingerprint density at radius 2 is 1.92 bits per heavy atom. The Bertz CT molecular complexity index is 576. The van der Waals surface area contributed by atoms with Crippen molar-refractivity contribution in [2.45, 2.75) is 12.8 Å². The highest BCUT2D eigenvalue weighted by Crippen LogP contribution is 2.16. The second-order valence-electron chi connectivity index (χ2n) is 6.61. The van der Waals surface area contributed by atoms with Crippen LogP contribution < -0.4 is 5.32 Å². The van der Waals surface area contributed by atoms with E-state index in [4.69, 9.17) is 0 Å². The van der Waals surface area contributed by atoms with Crippen LogP contribution in [0.2, 0.25) is 0 Å². The molecule has 1 aromatic rings. The normalized spacial score (nSPS) is 22.3. The van der Waals surface area contributed by atoms with Crippen molar-refractivity contribution < 1.29 is 9.72 Å². The van der Waals surface area contributed by atoms with Crippen molar-refractivity contribution in [1.29, 1.82) is 0 Å². The van der Waals surface area contributed by atoms with E-state index in [0.29, 0.717) is 5.56 Å². The maximum absolute atomic E-state index is 12.5. The molecule has 1 aromatic carbocycles. The summed E-state index contributed by atoms with van der Waals surface area (Å²) >= 11 is 0. The van der Waals surface area contributed by atoms with Crippen LogP contribution in [0.25, 0.3) is 0 Å². The van der Waals surface area contributed by atoms with Crippen molar-refractivity contribution in [2.75, 3.05) is 45.8 Å². The number of nitro benzene ring substituents is 1. The van der Waals surface area contributed by atoms with Crippen molar-refractivity contribution in [3.8, 4) is 0 Å². The van der Waals surface area contributed by atoms with Gasteiger partial charge in [0.15, 0.2) is 0 Å². The maximum Gasteiger partial charge on any atom is 0.269 e. The summed E-state index contributed by atoms with van der Waals surface area (Å²) in [6.07, 6.45) is 2.54. The minimum absolute atomic E-state index is 0.0115. The molecule has 2 fully saturated rings. The maximum atomic E-state index is 12.5. The van der Waals surface area contributed by atoms with Gasteiger partial charge in [0.05, 0.1) is 4.92 Å². The van der Waals surface area contributed by atoms with Gasteiger partial charge in [0.2, 0.25) is 0 Å². The molecule has 3 rings (SSSR count). The van der Waals surface area contributed by atoms with Crippen molar-refractivity contribution in [1.82, 2.24) is 15.1 Å². The number of non-ortho nitro benzene ring substituents is 1. The number of amides is 1. The van der Waals surface area contributed by atoms with Gasteiger partial charge in [-0.3, -0.25) is 19.8 Å². The smallest absolute Gasteiger partial charge is 0.269 e. The van der Waals surface area contributed by atoms with Crippen LogP contribution in [0.15, 0.2) is 24.3 Å². The van der Waals surface area contributed by atoms with Gasteiger partial charge in [0.25, 0.3) is 11.6 Å². The minimum atomic E-state index is -0.451. The van der Waals surface area contributed by atoms with E-state index in [1.54, 1.807) is 12.1 Å². The fourth-order valence-electron chi connectivity index (χ4n) is 3.49. The Morgan fingerprint density at radius 1 is 1.21 bits per heavy atom. The molecule has 1 N–H and O–H groups in total. The number of hydrogen-bond acceptors (Lipinski definition) is 5. The zero-order valence-corrected chi connectivity index (χ0v) is 13.8. The fourth-order valence-corrected chi connectivity index (χ4v) is 3.49. The first-order valence-electron chi connectivity index (χ1n) is 8.60. The average Bonchev–Trinajstić information content (AvgIpc) is 2.63. The molecular weight excluding hydrogens is 308 g/mol. The highest BCUT2D eigenvalue weighted by molar-refractivity contribution is 5.94. The van der Waals surface area contributed by atoms with Crippen LogP contribution in [-0.2, 0) is 0 Å². The molecule has 0 aromatic heterocycles. The number of carbonyl (C=O) groups is 1. The van der Waals surface area contributed by atoms with Crippen LogP contribution in [0, 0.1) is 16.0 Å². The fraction of sp³-hybridized carbons (Fsp3) is 0.588. The van der Waals surface area contributed by atoms with Crippen molar-refractivity contribution >= 4 is 11.6 Å². The zero-order chi connectivity index (χ0) is 16.9. The highest BCUT2D eigenvalue weighted by Gasteiger charge is 2.24. The Morgan fingerprint density at radius 3 is 2.50 bits per heavy atom. The molecule has 2 aliphatic rings. The molecule has 7 heteroatoms. The molecule has 1 amide bonds. The highest BCUT2D eigenvalue weighted by atomic mass is 16.6. The van der Waals surface area contributed by atoms with Crippen molar-refractivity contribution in [2.24, 2.45) is 5.92 Å². The number of carbonyl (C=O) groups excluding carboxylic acids is 1. The molecule has 1 atom stereocenters. The molecule has 0 saturated carbocycles. The minimum Gasteiger partial charge on any atom is -0.336 e. The lowest BCUT2D eigenvalue weighted by molar-refractivity contribution is -0.384. The third-order valence-electron chi connectivity index (χ3n) is 4.90. The summed E-state index contributed by atoms with van der Waals surface area (Å²) in [5.74, 6) is 0.680. The number of nitrogens with zero attached hydrogens (tertiary/aromatic N) is 3. The molecule has 7 nitrogen and oxygen atoms in total. The summed E-state index contributed by atoms with van der Waals surface area (Å²) < 4.78 is 0. The van der Waals surface area contributed by atoms with E-state index < -0.39 is 4.92 Å². The van der Waals surface area contributed by atoms with Gasteiger partial charge in [-0.15, -0.1) is 0 Å². The summed E-state index contributed by atoms with van der Waals surface area (Å²) in [5, 5.41) is 14.1. The lowest BCUT2D eigenvalue weighted by Gasteiger charge is -2.37. The van der Waals surface area contributed by atoms with Gasteiger partial charge < -0.3 is 10.2 Å². The molecule has 0 radical (unpaired) electrons. The SMILES string of the molecule is O=C(c1ccc([N+](=O)[O-])cc1)N1CCN(CC2CCCNC2)CC1. The van der Waals surface area contributed by atoms with Crippen LogP contribution in [0.1, 0.15) is 23.2 Å². The topological polar surface area (TPSA) is 78.7 Å². The largest absolute Gasteiger partial charge is 0.336 e. The van der Waals surface area contributed by atoms with Crippen molar-refractivity contribution in [3.63, 3.8) is 0 Å². The zero-order valence-electron chi connectivity index (χ0n) is 13.8. The van der Waals surface area contributed by atoms with E-state index in [-0.39, 0.29) is 11.6 Å². The molecule has 24 heavy (non-hydrogen) atoms. The van der Waals surface area contributed by atoms with Crippen LogP contribution in [0.4, 0.5) is 5.69 Å². The van der Waals surface area contributed by atoms with E-state index in [9.17, 15) is 14.9 Å². The first kappa shape index (κ1) is 16.9. The van der Waals surface area contributed by atoms with Crippen LogP contribution in [0.5, 0.6) is 0 Å². The molecule has 0 aliphatic carbocycles. The Kier molecular flexibility index (Phi) is 5.42. The predicted octanol–water partition coefficient (Wildman–Crippen LogP) is 1.35. The van der Waals surface area contributed by atoms with E-state index >= 15 is 0 Å². The van der Waals surface area contributed by atoms with E-state index in [2.05, 4.69) is 10.2 Å². The van der Waals surface area contributed by atoms with Gasteiger partial charge in [0, 0.05) is 50.4 Å². The lowest BCUT2D eigenvalue weighted by Crippen LogP contribution is -2.50. The summed E-state index contributed by atoms with van der Waals surface area (Å²) in [6.45, 7) is 6.57. The van der Waals surface area contributed by atoms with Gasteiger partial charge in [0.1, 0.15) is 0 Å². The summed E-state index contributed by atoms with van der Waals surface area (Å²) in [7, 11) is 0. The third kappa shape index (κ3) is 4.10. The van der Waals surface area contributed by atoms with Gasteiger partial charge in [-0.25, -0.2) is 0 Å². The molecule has 0 spiro atoms. The molecule has 2 saturated heterocycles. The number of benzene rings is 1. The second-order valence-corrected chi connectivity index (χ2v) is 6.61. The predicted molar refractivity (Wildman–Crippen MR) is 91.0 cm³/mol.